The van der Waals surface area contributed by atoms with Crippen LogP contribution in [0.3, 0.4) is 0 Å². The molecular formula is C12H11NO3. The number of H-pyrrole nitrogens is 1. The molecule has 0 radical (unpaired) electrons. The summed E-state index contributed by atoms with van der Waals surface area (Å²) in [4.78, 5) is 26.1. The van der Waals surface area contributed by atoms with Crippen LogP contribution in [0.25, 0.3) is 10.9 Å². The molecule has 4 heteroatoms. The van der Waals surface area contributed by atoms with Gasteiger partial charge in [-0.05, 0) is 19.1 Å². The van der Waals surface area contributed by atoms with E-state index < -0.39 is 11.8 Å². The van der Waals surface area contributed by atoms with Crippen LogP contribution in [0.4, 0.5) is 0 Å². The molecule has 1 aromatic heterocycles. The number of aromatic amines is 1. The number of carbonyl (C=O) groups is 2. The number of nitrogens with one attached hydrogen (secondary N) is 1. The molecule has 0 spiro atoms. The maximum atomic E-state index is 11.8. The van der Waals surface area contributed by atoms with Crippen molar-refractivity contribution in [3.05, 3.63) is 36.0 Å². The lowest BCUT2D eigenvalue weighted by atomic mass is 10.1. The Morgan fingerprint density at radius 1 is 1.31 bits per heavy atom. The fourth-order valence-corrected chi connectivity index (χ4v) is 1.59. The van der Waals surface area contributed by atoms with E-state index in [1.165, 1.54) is 0 Å². The number of rotatable bonds is 3. The van der Waals surface area contributed by atoms with Gasteiger partial charge in [0.2, 0.25) is 0 Å². The molecule has 1 aromatic carbocycles. The first kappa shape index (κ1) is 10.4. The zero-order valence-corrected chi connectivity index (χ0v) is 8.82. The van der Waals surface area contributed by atoms with Gasteiger partial charge < -0.3 is 9.72 Å². The molecule has 0 aliphatic rings. The molecule has 2 aromatic rings. The summed E-state index contributed by atoms with van der Waals surface area (Å²) >= 11 is 0. The summed E-state index contributed by atoms with van der Waals surface area (Å²) in [5.41, 5.74) is 1.20. The van der Waals surface area contributed by atoms with Crippen LogP contribution in [0.15, 0.2) is 30.5 Å². The van der Waals surface area contributed by atoms with E-state index >= 15 is 0 Å². The largest absolute Gasteiger partial charge is 0.460 e. The first-order valence-corrected chi connectivity index (χ1v) is 5.01. The van der Waals surface area contributed by atoms with Gasteiger partial charge in [-0.3, -0.25) is 4.79 Å². The smallest absolute Gasteiger partial charge is 0.379 e. The average molecular weight is 217 g/mol. The lowest BCUT2D eigenvalue weighted by Crippen LogP contribution is -2.17. The quantitative estimate of drug-likeness (QED) is 0.485. The SMILES string of the molecule is CCOC(=O)C(=O)c1cccc2[nH]ccc12. The van der Waals surface area contributed by atoms with Crippen molar-refractivity contribution in [2.75, 3.05) is 6.61 Å². The van der Waals surface area contributed by atoms with Gasteiger partial charge in [0.15, 0.2) is 0 Å². The van der Waals surface area contributed by atoms with Gasteiger partial charge in [-0.2, -0.15) is 0 Å². The maximum Gasteiger partial charge on any atom is 0.379 e. The van der Waals surface area contributed by atoms with Crippen LogP contribution in [-0.4, -0.2) is 23.3 Å². The number of fused-ring (bicyclic) bond motifs is 1. The van der Waals surface area contributed by atoms with E-state index in [0.29, 0.717) is 5.56 Å². The van der Waals surface area contributed by atoms with Crippen molar-refractivity contribution in [2.24, 2.45) is 0 Å². The fraction of sp³-hybridized carbons (Fsp3) is 0.167. The van der Waals surface area contributed by atoms with Crippen molar-refractivity contribution < 1.29 is 14.3 Å². The Hall–Kier alpha value is -2.10. The van der Waals surface area contributed by atoms with E-state index in [2.05, 4.69) is 9.72 Å². The lowest BCUT2D eigenvalue weighted by Gasteiger charge is -2.02. The molecule has 4 nitrogen and oxygen atoms in total. The van der Waals surface area contributed by atoms with E-state index in [0.717, 1.165) is 10.9 Å². The lowest BCUT2D eigenvalue weighted by molar-refractivity contribution is -0.137. The number of carbonyl (C=O) groups excluding carboxylic acids is 2. The monoisotopic (exact) mass is 217 g/mol. The third kappa shape index (κ3) is 1.69. The normalized spacial score (nSPS) is 10.3. The van der Waals surface area contributed by atoms with Crippen molar-refractivity contribution in [3.8, 4) is 0 Å². The standard InChI is InChI=1S/C12H11NO3/c1-2-16-12(15)11(14)9-4-3-5-10-8(9)6-7-13-10/h3-7,13H,2H2,1H3. The number of ether oxygens (including phenoxy) is 1. The van der Waals surface area contributed by atoms with Crippen molar-refractivity contribution in [1.82, 2.24) is 4.98 Å². The van der Waals surface area contributed by atoms with Crippen LogP contribution < -0.4 is 0 Å². The predicted octanol–water partition coefficient (Wildman–Crippen LogP) is 1.91. The number of Topliss-reactive ketones (excluding diaryl/α,β-unsaturated/α-hetero) is 1. The highest BCUT2D eigenvalue weighted by atomic mass is 16.5. The van der Waals surface area contributed by atoms with E-state index in [9.17, 15) is 9.59 Å². The number of esters is 1. The molecule has 0 bridgehead atoms. The number of hydrogen-bond acceptors (Lipinski definition) is 3. The number of hydrogen-bond donors (Lipinski definition) is 1. The molecule has 82 valence electrons. The molecule has 0 aliphatic carbocycles. The van der Waals surface area contributed by atoms with Crippen molar-refractivity contribution in [2.45, 2.75) is 6.92 Å². The molecule has 0 saturated heterocycles. The van der Waals surface area contributed by atoms with Gasteiger partial charge in [0.05, 0.1) is 6.61 Å². The summed E-state index contributed by atoms with van der Waals surface area (Å²) in [6.45, 7) is 1.87. The van der Waals surface area contributed by atoms with Crippen LogP contribution >= 0.6 is 0 Å². The van der Waals surface area contributed by atoms with E-state index in [1.54, 1.807) is 31.3 Å². The van der Waals surface area contributed by atoms with Crippen molar-refractivity contribution in [1.29, 1.82) is 0 Å². The minimum absolute atomic E-state index is 0.202. The predicted molar refractivity (Wildman–Crippen MR) is 59.3 cm³/mol. The Morgan fingerprint density at radius 3 is 2.88 bits per heavy atom. The highest BCUT2D eigenvalue weighted by Gasteiger charge is 2.19. The minimum atomic E-state index is -0.809. The van der Waals surface area contributed by atoms with Crippen molar-refractivity contribution >= 4 is 22.7 Å². The second-order valence-electron chi connectivity index (χ2n) is 3.29. The zero-order valence-electron chi connectivity index (χ0n) is 8.82. The van der Waals surface area contributed by atoms with E-state index in [-0.39, 0.29) is 6.61 Å². The number of aromatic nitrogens is 1. The second kappa shape index (κ2) is 4.18. The van der Waals surface area contributed by atoms with Crippen LogP contribution in [0.5, 0.6) is 0 Å². The highest BCUT2D eigenvalue weighted by molar-refractivity contribution is 6.42. The van der Waals surface area contributed by atoms with Gasteiger partial charge in [-0.1, -0.05) is 12.1 Å². The highest BCUT2D eigenvalue weighted by Crippen LogP contribution is 2.18. The zero-order chi connectivity index (χ0) is 11.5. The number of ketones is 1. The molecule has 16 heavy (non-hydrogen) atoms. The van der Waals surface area contributed by atoms with Crippen LogP contribution in [0.2, 0.25) is 0 Å². The third-order valence-electron chi connectivity index (χ3n) is 2.30. The Bertz CT molecular complexity index is 542. The molecule has 0 aliphatic heterocycles. The van der Waals surface area contributed by atoms with Gasteiger partial charge in [0.1, 0.15) is 0 Å². The summed E-state index contributed by atoms with van der Waals surface area (Å²) in [5.74, 6) is -1.41. The first-order valence-electron chi connectivity index (χ1n) is 5.01. The van der Waals surface area contributed by atoms with Gasteiger partial charge in [-0.25, -0.2) is 4.79 Å². The third-order valence-corrected chi connectivity index (χ3v) is 2.30. The van der Waals surface area contributed by atoms with Gasteiger partial charge in [0.25, 0.3) is 5.78 Å². The van der Waals surface area contributed by atoms with Crippen LogP contribution in [0, 0.1) is 0 Å². The van der Waals surface area contributed by atoms with E-state index in [4.69, 9.17) is 0 Å². The van der Waals surface area contributed by atoms with Gasteiger partial charge in [0, 0.05) is 22.7 Å². The Labute approximate surface area is 92.2 Å². The van der Waals surface area contributed by atoms with Crippen molar-refractivity contribution in [3.63, 3.8) is 0 Å². The molecule has 0 unspecified atom stereocenters. The van der Waals surface area contributed by atoms with E-state index in [1.807, 2.05) is 6.07 Å². The molecule has 1 heterocycles. The minimum Gasteiger partial charge on any atom is -0.460 e. The summed E-state index contributed by atoms with van der Waals surface area (Å²) < 4.78 is 4.68. The molecule has 0 atom stereocenters. The summed E-state index contributed by atoms with van der Waals surface area (Å²) in [5, 5.41) is 0.737. The van der Waals surface area contributed by atoms with Crippen LogP contribution in [-0.2, 0) is 9.53 Å². The average Bonchev–Trinajstić information content (AvgIpc) is 2.76. The topological polar surface area (TPSA) is 59.2 Å². The summed E-state index contributed by atoms with van der Waals surface area (Å²) in [6, 6.07) is 6.96. The second-order valence-corrected chi connectivity index (χ2v) is 3.29. The molecule has 0 saturated carbocycles. The fourth-order valence-electron chi connectivity index (χ4n) is 1.59. The summed E-state index contributed by atoms with van der Waals surface area (Å²) in [6.07, 6.45) is 1.73. The molecule has 1 N–H and O–H groups in total. The summed E-state index contributed by atoms with van der Waals surface area (Å²) in [7, 11) is 0. The van der Waals surface area contributed by atoms with Gasteiger partial charge in [-0.15, -0.1) is 0 Å². The molecule has 0 fully saturated rings. The van der Waals surface area contributed by atoms with Crippen LogP contribution in [0.1, 0.15) is 17.3 Å². The van der Waals surface area contributed by atoms with Gasteiger partial charge >= 0.3 is 5.97 Å². The molecule has 2 rings (SSSR count). The number of benzene rings is 1. The Balaban J connectivity index is 2.43. The maximum absolute atomic E-state index is 11.8. The molecular weight excluding hydrogens is 206 g/mol. The Kier molecular flexibility index (Phi) is 2.72. The first-order chi connectivity index (χ1) is 7.74. The Morgan fingerprint density at radius 2 is 2.12 bits per heavy atom. The molecule has 0 amide bonds.